The number of hydrogen-bond donors (Lipinski definition) is 0. The summed E-state index contributed by atoms with van der Waals surface area (Å²) >= 11 is 4.41. The quantitative estimate of drug-likeness (QED) is 0.462. The van der Waals surface area contributed by atoms with E-state index in [0.717, 1.165) is 26.1 Å². The third-order valence-corrected chi connectivity index (χ3v) is 5.67. The van der Waals surface area contributed by atoms with Crippen LogP contribution in [0.2, 0.25) is 0 Å². The fourth-order valence-electron chi connectivity index (χ4n) is 2.90. The monoisotopic (exact) mass is 430 g/mol. The van der Waals surface area contributed by atoms with Crippen molar-refractivity contribution in [3.05, 3.63) is 57.0 Å². The van der Waals surface area contributed by atoms with Crippen molar-refractivity contribution >= 4 is 61.0 Å². The summed E-state index contributed by atoms with van der Waals surface area (Å²) in [6.07, 6.45) is 1.32. The Morgan fingerprint density at radius 3 is 2.65 bits per heavy atom. The summed E-state index contributed by atoms with van der Waals surface area (Å²) in [4.78, 5) is 43.1. The van der Waals surface area contributed by atoms with Gasteiger partial charge in [-0.25, -0.2) is 14.7 Å². The second kappa shape index (κ2) is 6.30. The van der Waals surface area contributed by atoms with Gasteiger partial charge in [0.25, 0.3) is 11.8 Å². The van der Waals surface area contributed by atoms with Crippen molar-refractivity contribution in [1.82, 2.24) is 4.98 Å². The van der Waals surface area contributed by atoms with Crippen molar-refractivity contribution in [1.29, 1.82) is 0 Å². The van der Waals surface area contributed by atoms with E-state index in [9.17, 15) is 14.4 Å². The van der Waals surface area contributed by atoms with Gasteiger partial charge in [0.1, 0.15) is 4.88 Å². The van der Waals surface area contributed by atoms with Crippen LogP contribution < -0.4 is 4.90 Å². The van der Waals surface area contributed by atoms with Crippen LogP contribution in [0.25, 0.3) is 10.8 Å². The van der Waals surface area contributed by atoms with E-state index in [-0.39, 0.29) is 16.6 Å². The molecular formula is C18H11BrN2O4S. The number of aromatic nitrogens is 1. The summed E-state index contributed by atoms with van der Waals surface area (Å²) in [5, 5.41) is 1.57. The van der Waals surface area contributed by atoms with Gasteiger partial charge in [0.15, 0.2) is 5.13 Å². The number of esters is 1. The van der Waals surface area contributed by atoms with E-state index in [0.29, 0.717) is 16.5 Å². The Labute approximate surface area is 160 Å². The molecule has 2 amide bonds. The van der Waals surface area contributed by atoms with Gasteiger partial charge in [-0.3, -0.25) is 9.59 Å². The highest BCUT2D eigenvalue weighted by molar-refractivity contribution is 9.10. The molecule has 1 aliphatic heterocycles. The van der Waals surface area contributed by atoms with Crippen LogP contribution in [0.5, 0.6) is 0 Å². The molecule has 0 N–H and O–H groups in total. The lowest BCUT2D eigenvalue weighted by atomic mass is 9.94. The van der Waals surface area contributed by atoms with Crippen LogP contribution in [0.1, 0.15) is 37.3 Å². The first-order valence-electron chi connectivity index (χ1n) is 7.76. The minimum absolute atomic E-state index is 0.147. The van der Waals surface area contributed by atoms with Crippen molar-refractivity contribution in [2.45, 2.75) is 6.92 Å². The summed E-state index contributed by atoms with van der Waals surface area (Å²) < 4.78 is 5.75. The van der Waals surface area contributed by atoms with Crippen molar-refractivity contribution in [2.24, 2.45) is 0 Å². The number of amides is 2. The number of ether oxygens (including phenoxy) is 1. The fourth-order valence-corrected chi connectivity index (χ4v) is 4.17. The normalized spacial score (nSPS) is 13.4. The maximum Gasteiger partial charge on any atom is 0.350 e. The Hall–Kier alpha value is -2.58. The second-order valence-corrected chi connectivity index (χ2v) is 7.36. The third kappa shape index (κ3) is 2.45. The molecule has 0 radical (unpaired) electrons. The van der Waals surface area contributed by atoms with Crippen LogP contribution in [0.4, 0.5) is 5.13 Å². The molecule has 0 atom stereocenters. The average Bonchev–Trinajstić information content (AvgIpc) is 3.11. The minimum Gasteiger partial charge on any atom is -0.462 e. The maximum atomic E-state index is 13.0. The first-order valence-corrected chi connectivity index (χ1v) is 9.37. The molecule has 2 heterocycles. The predicted octanol–water partition coefficient (Wildman–Crippen LogP) is 4.04. The highest BCUT2D eigenvalue weighted by Crippen LogP contribution is 2.37. The van der Waals surface area contributed by atoms with Crippen molar-refractivity contribution in [2.75, 3.05) is 11.5 Å². The molecule has 0 unspecified atom stereocenters. The Bertz CT molecular complexity index is 1070. The Kier molecular flexibility index (Phi) is 4.08. The van der Waals surface area contributed by atoms with E-state index in [1.807, 2.05) is 6.07 Å². The molecule has 4 rings (SSSR count). The van der Waals surface area contributed by atoms with Gasteiger partial charge in [0.2, 0.25) is 0 Å². The standard InChI is InChI=1S/C18H11BrN2O4S/c1-2-25-17(24)13-8-20-18(26-13)21-15(22)10-5-3-4-9-12(19)7-6-11(14(9)10)16(21)23/h3-8H,2H2,1H3. The summed E-state index contributed by atoms with van der Waals surface area (Å²) in [5.74, 6) is -1.45. The molecule has 0 aliphatic carbocycles. The second-order valence-electron chi connectivity index (χ2n) is 5.50. The van der Waals surface area contributed by atoms with Crippen LogP contribution in [0, 0.1) is 0 Å². The number of imide groups is 1. The number of carbonyl (C=O) groups excluding carboxylic acids is 3. The van der Waals surface area contributed by atoms with Gasteiger partial charge in [-0.2, -0.15) is 0 Å². The zero-order valence-corrected chi connectivity index (χ0v) is 15.9. The highest BCUT2D eigenvalue weighted by Gasteiger charge is 2.36. The molecule has 0 fully saturated rings. The van der Waals surface area contributed by atoms with E-state index in [1.165, 1.54) is 6.20 Å². The molecule has 26 heavy (non-hydrogen) atoms. The number of thiazole rings is 1. The summed E-state index contributed by atoms with van der Waals surface area (Å²) in [5.41, 5.74) is 0.845. The van der Waals surface area contributed by atoms with Crippen LogP contribution >= 0.6 is 27.3 Å². The molecule has 8 heteroatoms. The topological polar surface area (TPSA) is 76.6 Å². The van der Waals surface area contributed by atoms with E-state index in [4.69, 9.17) is 4.74 Å². The maximum absolute atomic E-state index is 13.0. The molecule has 130 valence electrons. The summed E-state index contributed by atoms with van der Waals surface area (Å²) in [6.45, 7) is 1.94. The van der Waals surface area contributed by atoms with E-state index in [1.54, 1.807) is 31.2 Å². The van der Waals surface area contributed by atoms with E-state index in [2.05, 4.69) is 20.9 Å². The fraction of sp³-hybridized carbons (Fsp3) is 0.111. The van der Waals surface area contributed by atoms with Gasteiger partial charge in [-0.05, 0) is 30.5 Å². The molecule has 3 aromatic rings. The Balaban J connectivity index is 1.84. The minimum atomic E-state index is -0.528. The third-order valence-electron chi connectivity index (χ3n) is 4.02. The van der Waals surface area contributed by atoms with Gasteiger partial charge in [-0.15, -0.1) is 0 Å². The largest absolute Gasteiger partial charge is 0.462 e. The van der Waals surface area contributed by atoms with Gasteiger partial charge in [0, 0.05) is 21.0 Å². The number of hydrogen-bond acceptors (Lipinski definition) is 6. The first-order chi connectivity index (χ1) is 12.5. The van der Waals surface area contributed by atoms with Gasteiger partial charge >= 0.3 is 5.97 Å². The molecule has 0 spiro atoms. The lowest BCUT2D eigenvalue weighted by Crippen LogP contribution is -2.40. The van der Waals surface area contributed by atoms with Crippen LogP contribution in [0.3, 0.4) is 0 Å². The number of rotatable bonds is 3. The van der Waals surface area contributed by atoms with Crippen molar-refractivity contribution in [3.63, 3.8) is 0 Å². The lowest BCUT2D eigenvalue weighted by molar-refractivity contribution is 0.0531. The number of anilines is 1. The van der Waals surface area contributed by atoms with Gasteiger partial charge < -0.3 is 4.74 Å². The van der Waals surface area contributed by atoms with Crippen LogP contribution in [0.15, 0.2) is 41.0 Å². The smallest absolute Gasteiger partial charge is 0.350 e. The summed E-state index contributed by atoms with van der Waals surface area (Å²) in [7, 11) is 0. The Morgan fingerprint density at radius 2 is 1.92 bits per heavy atom. The zero-order valence-electron chi connectivity index (χ0n) is 13.5. The van der Waals surface area contributed by atoms with Crippen LogP contribution in [-0.2, 0) is 4.74 Å². The van der Waals surface area contributed by atoms with Gasteiger partial charge in [-0.1, -0.05) is 39.4 Å². The van der Waals surface area contributed by atoms with Crippen LogP contribution in [-0.4, -0.2) is 29.4 Å². The number of nitrogens with zero attached hydrogens (tertiary/aromatic N) is 2. The average molecular weight is 431 g/mol. The van der Waals surface area contributed by atoms with E-state index < -0.39 is 17.8 Å². The first kappa shape index (κ1) is 16.9. The molecule has 0 saturated carbocycles. The molecule has 1 aliphatic rings. The molecular weight excluding hydrogens is 420 g/mol. The van der Waals surface area contributed by atoms with E-state index >= 15 is 0 Å². The Morgan fingerprint density at radius 1 is 1.19 bits per heavy atom. The number of halogens is 1. The van der Waals surface area contributed by atoms with Crippen molar-refractivity contribution < 1.29 is 19.1 Å². The molecule has 2 aromatic carbocycles. The lowest BCUT2D eigenvalue weighted by Gasteiger charge is -2.25. The highest BCUT2D eigenvalue weighted by atomic mass is 79.9. The van der Waals surface area contributed by atoms with Gasteiger partial charge in [0.05, 0.1) is 12.8 Å². The molecule has 0 saturated heterocycles. The number of benzene rings is 2. The molecule has 0 bridgehead atoms. The molecule has 6 nitrogen and oxygen atoms in total. The van der Waals surface area contributed by atoms with Crippen molar-refractivity contribution in [3.8, 4) is 0 Å². The summed E-state index contributed by atoms with van der Waals surface area (Å²) in [6, 6.07) is 8.76. The molecule has 1 aromatic heterocycles. The SMILES string of the molecule is CCOC(=O)c1cnc(N2C(=O)c3cccc4c(Br)ccc(c34)C2=O)s1. The predicted molar refractivity (Wildman–Crippen MR) is 101 cm³/mol. The zero-order chi connectivity index (χ0) is 18.4. The number of carbonyl (C=O) groups is 3.